The van der Waals surface area contributed by atoms with Crippen molar-refractivity contribution in [3.63, 3.8) is 0 Å². The molecule has 0 aliphatic carbocycles. The van der Waals surface area contributed by atoms with E-state index in [2.05, 4.69) is 4.74 Å². The average molecular weight is 240 g/mol. The molecule has 6 nitrogen and oxygen atoms in total. The van der Waals surface area contributed by atoms with Gasteiger partial charge in [0.1, 0.15) is 0 Å². The maximum Gasteiger partial charge on any atom is 0.346 e. The summed E-state index contributed by atoms with van der Waals surface area (Å²) in [5, 5.41) is 9.61. The van der Waals surface area contributed by atoms with Gasteiger partial charge in [0, 0.05) is 6.92 Å². The zero-order chi connectivity index (χ0) is 13.0. The number of hydrogen-bond donors (Lipinski definition) is 1. The first-order chi connectivity index (χ1) is 7.99. The number of rotatable bonds is 3. The molecule has 0 saturated carbocycles. The molecule has 0 spiro atoms. The molecule has 0 amide bonds. The summed E-state index contributed by atoms with van der Waals surface area (Å²) in [6.07, 6.45) is 0. The minimum atomic E-state index is -0.839. The number of phenols is 1. The highest BCUT2D eigenvalue weighted by Gasteiger charge is 2.17. The Morgan fingerprint density at radius 1 is 1.12 bits per heavy atom. The van der Waals surface area contributed by atoms with Gasteiger partial charge in [-0.2, -0.15) is 0 Å². The molecule has 17 heavy (non-hydrogen) atoms. The van der Waals surface area contributed by atoms with Gasteiger partial charge in [0.25, 0.3) is 0 Å². The first-order valence-electron chi connectivity index (χ1n) is 4.67. The quantitative estimate of drug-likeness (QED) is 0.629. The number of phenolic OH excluding ortho intramolecular Hbond substituents is 1. The Morgan fingerprint density at radius 3 is 1.94 bits per heavy atom. The van der Waals surface area contributed by atoms with Crippen LogP contribution in [0.2, 0.25) is 0 Å². The highest BCUT2D eigenvalue weighted by Crippen LogP contribution is 2.37. The second kappa shape index (κ2) is 5.20. The molecule has 1 rings (SSSR count). The van der Waals surface area contributed by atoms with Gasteiger partial charge >= 0.3 is 11.9 Å². The van der Waals surface area contributed by atoms with E-state index in [1.165, 1.54) is 26.4 Å². The van der Waals surface area contributed by atoms with E-state index >= 15 is 0 Å². The highest BCUT2D eigenvalue weighted by atomic mass is 16.6. The van der Waals surface area contributed by atoms with Gasteiger partial charge in [-0.15, -0.1) is 0 Å². The third kappa shape index (κ3) is 2.87. The van der Waals surface area contributed by atoms with E-state index in [1.54, 1.807) is 0 Å². The number of ether oxygens (including phenoxy) is 3. The number of carbonyl (C=O) groups excluding carboxylic acids is 2. The summed E-state index contributed by atoms with van der Waals surface area (Å²) < 4.78 is 14.1. The van der Waals surface area contributed by atoms with E-state index in [9.17, 15) is 14.7 Å². The lowest BCUT2D eigenvalue weighted by atomic mass is 10.2. The van der Waals surface area contributed by atoms with Crippen LogP contribution in [0.15, 0.2) is 12.1 Å². The summed E-state index contributed by atoms with van der Waals surface area (Å²) in [6.45, 7) is 1.12. The molecule has 6 heteroatoms. The minimum absolute atomic E-state index is 0.0479. The van der Waals surface area contributed by atoms with Gasteiger partial charge in [0.15, 0.2) is 11.5 Å². The lowest BCUT2D eigenvalue weighted by Crippen LogP contribution is -2.09. The standard InChI is InChI=1S/C11H12O6/c1-6(12)17-11(14)7-4-8(15-2)10(13)9(5-7)16-3/h4-5,13H,1-3H3. The molecule has 0 radical (unpaired) electrons. The summed E-state index contributed by atoms with van der Waals surface area (Å²) in [5.74, 6) is -1.68. The smallest absolute Gasteiger partial charge is 0.346 e. The van der Waals surface area contributed by atoms with E-state index in [4.69, 9.17) is 9.47 Å². The molecule has 0 saturated heterocycles. The Kier molecular flexibility index (Phi) is 3.92. The summed E-state index contributed by atoms with van der Waals surface area (Å²) >= 11 is 0. The monoisotopic (exact) mass is 240 g/mol. The highest BCUT2D eigenvalue weighted by molar-refractivity contribution is 5.97. The second-order valence-corrected chi connectivity index (χ2v) is 3.11. The minimum Gasteiger partial charge on any atom is -0.502 e. The van der Waals surface area contributed by atoms with Crippen LogP contribution in [0.3, 0.4) is 0 Å². The van der Waals surface area contributed by atoms with Gasteiger partial charge in [0.2, 0.25) is 5.75 Å². The number of aromatic hydroxyl groups is 1. The van der Waals surface area contributed by atoms with Crippen molar-refractivity contribution in [2.24, 2.45) is 0 Å². The molecule has 0 fully saturated rings. The molecule has 1 aromatic rings. The summed E-state index contributed by atoms with van der Waals surface area (Å²) in [4.78, 5) is 22.1. The normalized spacial score (nSPS) is 9.59. The van der Waals surface area contributed by atoms with Crippen LogP contribution in [0, 0.1) is 0 Å². The largest absolute Gasteiger partial charge is 0.502 e. The van der Waals surface area contributed by atoms with Gasteiger partial charge < -0.3 is 19.3 Å². The topological polar surface area (TPSA) is 82.1 Å². The number of hydrogen-bond acceptors (Lipinski definition) is 6. The summed E-state index contributed by atoms with van der Waals surface area (Å²) in [5.41, 5.74) is 0.0479. The number of esters is 2. The van der Waals surface area contributed by atoms with Gasteiger partial charge in [-0.1, -0.05) is 0 Å². The van der Waals surface area contributed by atoms with Crippen molar-refractivity contribution in [2.75, 3.05) is 14.2 Å². The van der Waals surface area contributed by atoms with E-state index in [0.29, 0.717) is 0 Å². The Morgan fingerprint density at radius 2 is 1.59 bits per heavy atom. The van der Waals surface area contributed by atoms with Crippen LogP contribution in [0.1, 0.15) is 17.3 Å². The molecule has 0 aliphatic rings. The van der Waals surface area contributed by atoms with Crippen molar-refractivity contribution >= 4 is 11.9 Å². The maximum absolute atomic E-state index is 11.5. The van der Waals surface area contributed by atoms with Crippen LogP contribution >= 0.6 is 0 Å². The van der Waals surface area contributed by atoms with Crippen LogP contribution in [0.4, 0.5) is 0 Å². The van der Waals surface area contributed by atoms with E-state index in [1.807, 2.05) is 0 Å². The van der Waals surface area contributed by atoms with Crippen LogP contribution < -0.4 is 9.47 Å². The lowest BCUT2D eigenvalue weighted by molar-refractivity contribution is -0.135. The Labute approximate surface area is 97.7 Å². The number of benzene rings is 1. The molecule has 1 N–H and O–H groups in total. The van der Waals surface area contributed by atoms with E-state index < -0.39 is 11.9 Å². The van der Waals surface area contributed by atoms with Gasteiger partial charge in [0.05, 0.1) is 19.8 Å². The van der Waals surface area contributed by atoms with Crippen molar-refractivity contribution in [2.45, 2.75) is 6.92 Å². The molecule has 92 valence electrons. The van der Waals surface area contributed by atoms with E-state index in [-0.39, 0.29) is 22.8 Å². The van der Waals surface area contributed by atoms with Crippen molar-refractivity contribution in [1.29, 1.82) is 0 Å². The Hall–Kier alpha value is -2.24. The van der Waals surface area contributed by atoms with Crippen LogP contribution in [-0.2, 0) is 9.53 Å². The fourth-order valence-corrected chi connectivity index (χ4v) is 1.20. The fourth-order valence-electron chi connectivity index (χ4n) is 1.20. The SMILES string of the molecule is COc1cc(C(=O)OC(C)=O)cc(OC)c1O. The average Bonchev–Trinajstić information content (AvgIpc) is 2.28. The predicted molar refractivity (Wildman–Crippen MR) is 57.3 cm³/mol. The van der Waals surface area contributed by atoms with Crippen LogP contribution in [0.5, 0.6) is 17.2 Å². The fraction of sp³-hybridized carbons (Fsp3) is 0.273. The van der Waals surface area contributed by atoms with Crippen LogP contribution in [-0.4, -0.2) is 31.3 Å². The predicted octanol–water partition coefficient (Wildman–Crippen LogP) is 1.11. The third-order valence-electron chi connectivity index (χ3n) is 1.95. The third-order valence-corrected chi connectivity index (χ3v) is 1.95. The van der Waals surface area contributed by atoms with Crippen molar-refractivity contribution < 1.29 is 28.9 Å². The first-order valence-corrected chi connectivity index (χ1v) is 4.67. The van der Waals surface area contributed by atoms with E-state index in [0.717, 1.165) is 6.92 Å². The van der Waals surface area contributed by atoms with Crippen LogP contribution in [0.25, 0.3) is 0 Å². The number of methoxy groups -OCH3 is 2. The summed E-state index contributed by atoms with van der Waals surface area (Å²) in [6, 6.07) is 2.51. The molecular weight excluding hydrogens is 228 g/mol. The van der Waals surface area contributed by atoms with Crippen molar-refractivity contribution in [3.05, 3.63) is 17.7 Å². The maximum atomic E-state index is 11.5. The first kappa shape index (κ1) is 12.8. The van der Waals surface area contributed by atoms with Gasteiger partial charge in [-0.25, -0.2) is 4.79 Å². The molecule has 0 atom stereocenters. The Bertz CT molecular complexity index is 426. The second-order valence-electron chi connectivity index (χ2n) is 3.11. The van der Waals surface area contributed by atoms with Crippen molar-refractivity contribution in [1.82, 2.24) is 0 Å². The zero-order valence-electron chi connectivity index (χ0n) is 9.64. The van der Waals surface area contributed by atoms with Gasteiger partial charge in [-0.3, -0.25) is 4.79 Å². The molecule has 1 aromatic carbocycles. The molecule has 0 unspecified atom stereocenters. The number of carbonyl (C=O) groups is 2. The van der Waals surface area contributed by atoms with Gasteiger partial charge in [-0.05, 0) is 12.1 Å². The molecule has 0 heterocycles. The lowest BCUT2D eigenvalue weighted by Gasteiger charge is -2.10. The molecular formula is C11H12O6. The summed E-state index contributed by atoms with van der Waals surface area (Å²) in [7, 11) is 2.66. The van der Waals surface area contributed by atoms with Crippen molar-refractivity contribution in [3.8, 4) is 17.2 Å². The molecule has 0 aromatic heterocycles. The zero-order valence-corrected chi connectivity index (χ0v) is 9.64. The molecule has 0 bridgehead atoms. The Balaban J connectivity index is 3.17. The molecule has 0 aliphatic heterocycles.